The molecule has 292 valence electrons. The van der Waals surface area contributed by atoms with Gasteiger partial charge in [-0.15, -0.1) is 0 Å². The Morgan fingerprint density at radius 1 is 0.387 bits per heavy atom. The first-order valence-electron chi connectivity index (χ1n) is 21.4. The average molecular weight is 794 g/mol. The molecule has 2 aromatic heterocycles. The van der Waals surface area contributed by atoms with Gasteiger partial charge in [0, 0.05) is 49.5 Å². The molecule has 3 nitrogen and oxygen atoms in total. The molecule has 0 unspecified atom stereocenters. The number of para-hydroxylation sites is 3. The number of benzene rings is 10. The Balaban J connectivity index is 1.06. The van der Waals surface area contributed by atoms with Crippen molar-refractivity contribution in [1.29, 1.82) is 0 Å². The SMILES string of the molecule is CC1(C)c2ccccc2-c2ccc(N(c3ccc(-c4cccc5c4oc4ccccc45)cc3)c3ccc4oc5ccccc5c4c3-c3ccc4c(ccc5ccccc54)c3)cc21. The van der Waals surface area contributed by atoms with Crippen LogP contribution >= 0.6 is 0 Å². The lowest BCUT2D eigenvalue weighted by Crippen LogP contribution is -2.17. The van der Waals surface area contributed by atoms with Crippen LogP contribution in [0, 0.1) is 0 Å². The lowest BCUT2D eigenvalue weighted by atomic mass is 9.82. The first-order chi connectivity index (χ1) is 30.5. The standard InChI is InChI=1S/C59H39NO2/c1-59(2)50-19-8-5-14-45(50)46-31-29-41(35-51(46)59)60(40-27-24-37(25-28-40)44-17-11-18-48-47-15-6-9-20-53(47)62-58(44)48)52-32-33-55-57(49-16-7-10-21-54(49)61-55)56(52)39-26-30-43-38(34-39)23-22-36-12-3-4-13-42(36)43/h3-35H,1-2H3. The van der Waals surface area contributed by atoms with Gasteiger partial charge in [0.1, 0.15) is 22.3 Å². The summed E-state index contributed by atoms with van der Waals surface area (Å²) in [6.45, 7) is 4.71. The zero-order valence-electron chi connectivity index (χ0n) is 34.3. The number of fused-ring (bicyclic) bond motifs is 12. The predicted molar refractivity (Wildman–Crippen MR) is 259 cm³/mol. The van der Waals surface area contributed by atoms with E-state index in [1.54, 1.807) is 0 Å². The van der Waals surface area contributed by atoms with Gasteiger partial charge in [-0.3, -0.25) is 0 Å². The van der Waals surface area contributed by atoms with E-state index in [9.17, 15) is 0 Å². The van der Waals surface area contributed by atoms with Crippen molar-refractivity contribution in [1.82, 2.24) is 0 Å². The molecule has 0 radical (unpaired) electrons. The van der Waals surface area contributed by atoms with Crippen molar-refractivity contribution in [3.8, 4) is 33.4 Å². The summed E-state index contributed by atoms with van der Waals surface area (Å²) in [5, 5.41) is 9.39. The zero-order valence-corrected chi connectivity index (χ0v) is 34.3. The van der Waals surface area contributed by atoms with Gasteiger partial charge in [0.05, 0.1) is 5.69 Å². The highest BCUT2D eigenvalue weighted by atomic mass is 16.3. The van der Waals surface area contributed by atoms with Gasteiger partial charge in [-0.2, -0.15) is 0 Å². The second-order valence-corrected chi connectivity index (χ2v) is 17.2. The van der Waals surface area contributed by atoms with Crippen LogP contribution in [-0.4, -0.2) is 0 Å². The lowest BCUT2D eigenvalue weighted by Gasteiger charge is -2.30. The number of furan rings is 2. The molecular weight excluding hydrogens is 755 g/mol. The molecule has 2 heterocycles. The summed E-state index contributed by atoms with van der Waals surface area (Å²) in [7, 11) is 0. The Hall–Kier alpha value is -7.88. The summed E-state index contributed by atoms with van der Waals surface area (Å²) in [4.78, 5) is 2.45. The molecular formula is C59H39NO2. The number of hydrogen-bond donors (Lipinski definition) is 0. The van der Waals surface area contributed by atoms with Crippen LogP contribution in [0.4, 0.5) is 17.1 Å². The number of nitrogens with zero attached hydrogens (tertiary/aromatic N) is 1. The van der Waals surface area contributed by atoms with E-state index in [0.29, 0.717) is 0 Å². The minimum Gasteiger partial charge on any atom is -0.456 e. The molecule has 0 saturated carbocycles. The van der Waals surface area contributed by atoms with Crippen LogP contribution in [0.25, 0.3) is 98.8 Å². The molecule has 10 aromatic carbocycles. The van der Waals surface area contributed by atoms with Crippen LogP contribution in [-0.2, 0) is 5.41 Å². The van der Waals surface area contributed by atoms with Crippen LogP contribution in [0.2, 0.25) is 0 Å². The van der Waals surface area contributed by atoms with Crippen molar-refractivity contribution in [3.63, 3.8) is 0 Å². The summed E-state index contributed by atoms with van der Waals surface area (Å²) in [5.41, 5.74) is 16.3. The molecule has 13 rings (SSSR count). The molecule has 0 N–H and O–H groups in total. The molecule has 3 heteroatoms. The summed E-state index contributed by atoms with van der Waals surface area (Å²) in [6, 6.07) is 72.6. The maximum absolute atomic E-state index is 6.62. The first kappa shape index (κ1) is 34.9. The van der Waals surface area contributed by atoms with E-state index in [2.05, 4.69) is 207 Å². The molecule has 1 aliphatic rings. The van der Waals surface area contributed by atoms with E-state index in [4.69, 9.17) is 8.83 Å². The monoisotopic (exact) mass is 793 g/mol. The Morgan fingerprint density at radius 3 is 1.90 bits per heavy atom. The topological polar surface area (TPSA) is 29.5 Å². The van der Waals surface area contributed by atoms with Crippen molar-refractivity contribution >= 4 is 82.5 Å². The molecule has 0 spiro atoms. The molecule has 0 aliphatic heterocycles. The van der Waals surface area contributed by atoms with Crippen LogP contribution in [0.5, 0.6) is 0 Å². The van der Waals surface area contributed by atoms with Crippen LogP contribution < -0.4 is 4.90 Å². The number of hydrogen-bond acceptors (Lipinski definition) is 3. The van der Waals surface area contributed by atoms with Gasteiger partial charge in [-0.05, 0) is 110 Å². The molecule has 0 saturated heterocycles. The molecule has 62 heavy (non-hydrogen) atoms. The Morgan fingerprint density at radius 2 is 1.03 bits per heavy atom. The van der Waals surface area contributed by atoms with Crippen molar-refractivity contribution < 1.29 is 8.83 Å². The Labute approximate surface area is 358 Å². The normalized spacial score (nSPS) is 13.1. The third-order valence-electron chi connectivity index (χ3n) is 13.5. The van der Waals surface area contributed by atoms with Crippen molar-refractivity contribution in [2.24, 2.45) is 0 Å². The van der Waals surface area contributed by atoms with Gasteiger partial charge in [-0.1, -0.05) is 159 Å². The average Bonchev–Trinajstić information content (AvgIpc) is 3.97. The summed E-state index contributed by atoms with van der Waals surface area (Å²) < 4.78 is 13.1. The van der Waals surface area contributed by atoms with Crippen molar-refractivity contribution in [3.05, 3.63) is 211 Å². The lowest BCUT2D eigenvalue weighted by molar-refractivity contribution is 0.660. The Bertz CT molecular complexity index is 3790. The molecule has 12 aromatic rings. The van der Waals surface area contributed by atoms with E-state index in [-0.39, 0.29) is 5.41 Å². The van der Waals surface area contributed by atoms with E-state index < -0.39 is 0 Å². The molecule has 1 aliphatic carbocycles. The maximum Gasteiger partial charge on any atom is 0.143 e. The second kappa shape index (κ2) is 13.1. The third kappa shape index (κ3) is 5.06. The first-order valence-corrected chi connectivity index (χ1v) is 21.4. The van der Waals surface area contributed by atoms with Crippen LogP contribution in [0.1, 0.15) is 25.0 Å². The van der Waals surface area contributed by atoms with E-state index in [0.717, 1.165) is 83.2 Å². The summed E-state index contributed by atoms with van der Waals surface area (Å²) in [6.07, 6.45) is 0. The maximum atomic E-state index is 6.62. The van der Waals surface area contributed by atoms with Gasteiger partial charge in [0.2, 0.25) is 0 Å². The molecule has 0 bridgehead atoms. The van der Waals surface area contributed by atoms with Gasteiger partial charge in [0.15, 0.2) is 0 Å². The number of anilines is 3. The Kier molecular flexibility index (Phi) is 7.36. The zero-order chi connectivity index (χ0) is 41.1. The van der Waals surface area contributed by atoms with Crippen LogP contribution in [0.15, 0.2) is 209 Å². The fraction of sp³-hybridized carbons (Fsp3) is 0.0508. The van der Waals surface area contributed by atoms with Gasteiger partial charge in [-0.25, -0.2) is 0 Å². The number of rotatable bonds is 5. The highest BCUT2D eigenvalue weighted by Crippen LogP contribution is 2.53. The fourth-order valence-corrected chi connectivity index (χ4v) is 10.5. The molecule has 0 atom stereocenters. The highest BCUT2D eigenvalue weighted by Gasteiger charge is 2.36. The quantitative estimate of drug-likeness (QED) is 0.163. The fourth-order valence-electron chi connectivity index (χ4n) is 10.5. The van der Waals surface area contributed by atoms with Gasteiger partial charge >= 0.3 is 0 Å². The van der Waals surface area contributed by atoms with E-state index in [1.807, 2.05) is 12.1 Å². The van der Waals surface area contributed by atoms with Gasteiger partial charge < -0.3 is 13.7 Å². The second-order valence-electron chi connectivity index (χ2n) is 17.2. The summed E-state index contributed by atoms with van der Waals surface area (Å²) in [5.74, 6) is 0. The summed E-state index contributed by atoms with van der Waals surface area (Å²) >= 11 is 0. The minimum absolute atomic E-state index is 0.169. The van der Waals surface area contributed by atoms with E-state index >= 15 is 0 Å². The van der Waals surface area contributed by atoms with E-state index in [1.165, 1.54) is 43.8 Å². The van der Waals surface area contributed by atoms with Crippen LogP contribution in [0.3, 0.4) is 0 Å². The smallest absolute Gasteiger partial charge is 0.143 e. The minimum atomic E-state index is -0.169. The molecule has 0 fully saturated rings. The predicted octanol–water partition coefficient (Wildman–Crippen LogP) is 16.9. The largest absolute Gasteiger partial charge is 0.456 e. The highest BCUT2D eigenvalue weighted by molar-refractivity contribution is 6.18. The van der Waals surface area contributed by atoms with Crippen molar-refractivity contribution in [2.45, 2.75) is 19.3 Å². The molecule has 0 amide bonds. The van der Waals surface area contributed by atoms with Crippen molar-refractivity contribution in [2.75, 3.05) is 4.90 Å². The third-order valence-corrected chi connectivity index (χ3v) is 13.5. The van der Waals surface area contributed by atoms with Gasteiger partial charge in [0.25, 0.3) is 0 Å².